The topological polar surface area (TPSA) is 26.3 Å². The average molecular weight is 296 g/mol. The summed E-state index contributed by atoms with van der Waals surface area (Å²) in [7, 11) is 1.30. The van der Waals surface area contributed by atoms with Gasteiger partial charge in [-0.3, -0.25) is 4.79 Å². The molecule has 1 aromatic carbocycles. The predicted octanol–water partition coefficient (Wildman–Crippen LogP) is 3.35. The Balaban J connectivity index is 2.77. The number of esters is 1. The van der Waals surface area contributed by atoms with E-state index in [9.17, 15) is 9.18 Å². The molecule has 0 aliphatic carbocycles. The molecule has 0 aliphatic heterocycles. The number of carbonyl (C=O) groups excluding carboxylic acids is 1. The molecule has 0 saturated heterocycles. The van der Waals surface area contributed by atoms with Gasteiger partial charge in [0.1, 0.15) is 5.82 Å². The van der Waals surface area contributed by atoms with E-state index in [1.54, 1.807) is 0 Å². The van der Waals surface area contributed by atoms with Gasteiger partial charge in [0.25, 0.3) is 0 Å². The molecule has 0 atom stereocenters. The number of hydrogen-bond acceptors (Lipinski definition) is 2. The van der Waals surface area contributed by atoms with Gasteiger partial charge in [-0.25, -0.2) is 4.39 Å². The number of carbonyl (C=O) groups is 1. The molecule has 0 bridgehead atoms. The van der Waals surface area contributed by atoms with Crippen LogP contribution in [0.4, 0.5) is 4.39 Å². The van der Waals surface area contributed by atoms with Crippen LogP contribution in [0.1, 0.15) is 12.0 Å². The molecule has 0 heterocycles. The molecule has 0 saturated carbocycles. The third kappa shape index (κ3) is 3.47. The van der Waals surface area contributed by atoms with Crippen molar-refractivity contribution in [3.8, 4) is 0 Å². The molecule has 0 fully saturated rings. The Hall–Kier alpha value is -0.610. The second-order valence-corrected chi connectivity index (χ2v) is 4.20. The second kappa shape index (κ2) is 5.47. The van der Waals surface area contributed by atoms with Crippen molar-refractivity contribution in [1.82, 2.24) is 0 Å². The van der Waals surface area contributed by atoms with Crippen molar-refractivity contribution in [2.75, 3.05) is 7.11 Å². The minimum atomic E-state index is -0.379. The quantitative estimate of drug-likeness (QED) is 0.631. The van der Waals surface area contributed by atoms with E-state index in [4.69, 9.17) is 11.6 Å². The number of benzene rings is 1. The van der Waals surface area contributed by atoms with E-state index >= 15 is 0 Å². The first-order valence-corrected chi connectivity index (χ1v) is 5.42. The summed E-state index contributed by atoms with van der Waals surface area (Å²) in [5.74, 6) is -0.747. The summed E-state index contributed by atoms with van der Waals surface area (Å²) in [5, 5.41) is 0.427. The highest BCUT2D eigenvalue weighted by atomic mass is 79.9. The van der Waals surface area contributed by atoms with Crippen molar-refractivity contribution in [3.05, 3.63) is 33.0 Å². The van der Waals surface area contributed by atoms with Crippen LogP contribution in [-0.4, -0.2) is 13.1 Å². The lowest BCUT2D eigenvalue weighted by Gasteiger charge is -2.04. The molecule has 2 nitrogen and oxygen atoms in total. The first-order chi connectivity index (χ1) is 7.04. The molecule has 0 unspecified atom stereocenters. The normalized spacial score (nSPS) is 10.1. The fraction of sp³-hybridized carbons (Fsp3) is 0.300. The first kappa shape index (κ1) is 12.5. The van der Waals surface area contributed by atoms with Crippen LogP contribution in [0.2, 0.25) is 5.02 Å². The van der Waals surface area contributed by atoms with Crippen molar-refractivity contribution in [1.29, 1.82) is 0 Å². The number of rotatable bonds is 3. The summed E-state index contributed by atoms with van der Waals surface area (Å²) < 4.78 is 18.3. The zero-order valence-electron chi connectivity index (χ0n) is 8.02. The highest BCUT2D eigenvalue weighted by molar-refractivity contribution is 9.10. The van der Waals surface area contributed by atoms with E-state index in [1.807, 2.05) is 0 Å². The Morgan fingerprint density at radius 2 is 2.27 bits per heavy atom. The van der Waals surface area contributed by atoms with Gasteiger partial charge in [0, 0.05) is 10.9 Å². The van der Waals surface area contributed by atoms with E-state index in [1.165, 1.54) is 19.2 Å². The van der Waals surface area contributed by atoms with Gasteiger partial charge < -0.3 is 4.74 Å². The van der Waals surface area contributed by atoms with Gasteiger partial charge in [0.05, 0.1) is 12.1 Å². The number of hydrogen-bond donors (Lipinski definition) is 0. The minimum Gasteiger partial charge on any atom is -0.469 e. The van der Waals surface area contributed by atoms with Gasteiger partial charge in [-0.15, -0.1) is 0 Å². The number of ether oxygens (including phenoxy) is 1. The third-order valence-corrected chi connectivity index (χ3v) is 3.11. The molecular formula is C10H9BrClFO2. The van der Waals surface area contributed by atoms with Crippen LogP contribution in [0.5, 0.6) is 0 Å². The third-order valence-electron chi connectivity index (χ3n) is 1.92. The fourth-order valence-electron chi connectivity index (χ4n) is 1.09. The van der Waals surface area contributed by atoms with Crippen molar-refractivity contribution in [3.63, 3.8) is 0 Å². The SMILES string of the molecule is COC(=O)CCc1cc(Cl)c(Br)cc1F. The lowest BCUT2D eigenvalue weighted by Crippen LogP contribution is -2.03. The molecule has 0 aromatic heterocycles. The smallest absolute Gasteiger partial charge is 0.305 e. The molecular weight excluding hydrogens is 286 g/mol. The Morgan fingerprint density at radius 3 is 2.87 bits per heavy atom. The number of halogens is 3. The maximum Gasteiger partial charge on any atom is 0.305 e. The second-order valence-electron chi connectivity index (χ2n) is 2.93. The van der Waals surface area contributed by atoms with E-state index in [0.717, 1.165) is 0 Å². The zero-order valence-corrected chi connectivity index (χ0v) is 10.4. The Kier molecular flexibility index (Phi) is 4.54. The van der Waals surface area contributed by atoms with Gasteiger partial charge in [-0.1, -0.05) is 11.6 Å². The van der Waals surface area contributed by atoms with Gasteiger partial charge in [0.15, 0.2) is 0 Å². The molecule has 0 N–H and O–H groups in total. The summed E-state index contributed by atoms with van der Waals surface area (Å²) in [6, 6.07) is 2.79. The van der Waals surface area contributed by atoms with Gasteiger partial charge in [-0.2, -0.15) is 0 Å². The predicted molar refractivity (Wildman–Crippen MR) is 59.4 cm³/mol. The zero-order chi connectivity index (χ0) is 11.4. The van der Waals surface area contributed by atoms with Crippen LogP contribution in [0.15, 0.2) is 16.6 Å². The highest BCUT2D eigenvalue weighted by Gasteiger charge is 2.09. The maximum absolute atomic E-state index is 13.3. The molecule has 1 aromatic rings. The Bertz CT molecular complexity index is 382. The lowest BCUT2D eigenvalue weighted by atomic mass is 10.1. The summed E-state index contributed by atoms with van der Waals surface area (Å²) >= 11 is 8.92. The molecule has 1 rings (SSSR count). The summed E-state index contributed by atoms with van der Waals surface area (Å²) in [6.45, 7) is 0. The van der Waals surface area contributed by atoms with Crippen LogP contribution in [0.3, 0.4) is 0 Å². The molecule has 0 radical (unpaired) electrons. The Morgan fingerprint density at radius 1 is 1.60 bits per heavy atom. The van der Waals surface area contributed by atoms with Crippen molar-refractivity contribution < 1.29 is 13.9 Å². The van der Waals surface area contributed by atoms with Gasteiger partial charge >= 0.3 is 5.97 Å². The molecule has 0 spiro atoms. The Labute approximate surface area is 101 Å². The van der Waals surface area contributed by atoms with E-state index < -0.39 is 0 Å². The fourth-order valence-corrected chi connectivity index (χ4v) is 1.60. The number of aryl methyl sites for hydroxylation is 1. The average Bonchev–Trinajstić information content (AvgIpc) is 2.21. The molecule has 82 valence electrons. The summed E-state index contributed by atoms with van der Waals surface area (Å²) in [6.07, 6.45) is 0.427. The van der Waals surface area contributed by atoms with Crippen molar-refractivity contribution in [2.24, 2.45) is 0 Å². The number of methoxy groups -OCH3 is 1. The highest BCUT2D eigenvalue weighted by Crippen LogP contribution is 2.26. The maximum atomic E-state index is 13.3. The van der Waals surface area contributed by atoms with Gasteiger partial charge in [0.2, 0.25) is 0 Å². The largest absolute Gasteiger partial charge is 0.469 e. The lowest BCUT2D eigenvalue weighted by molar-refractivity contribution is -0.140. The summed E-state index contributed by atoms with van der Waals surface area (Å²) in [4.78, 5) is 10.9. The van der Waals surface area contributed by atoms with E-state index in [-0.39, 0.29) is 24.6 Å². The minimum absolute atomic E-state index is 0.144. The monoisotopic (exact) mass is 294 g/mol. The van der Waals surface area contributed by atoms with Crippen molar-refractivity contribution in [2.45, 2.75) is 12.8 Å². The van der Waals surface area contributed by atoms with Crippen LogP contribution >= 0.6 is 27.5 Å². The molecule has 0 aliphatic rings. The molecule has 15 heavy (non-hydrogen) atoms. The van der Waals surface area contributed by atoms with Gasteiger partial charge in [-0.05, 0) is 40.0 Å². The molecule has 5 heteroatoms. The van der Waals surface area contributed by atoms with Crippen LogP contribution in [0.25, 0.3) is 0 Å². The van der Waals surface area contributed by atoms with Crippen LogP contribution in [-0.2, 0) is 16.0 Å². The van der Waals surface area contributed by atoms with E-state index in [2.05, 4.69) is 20.7 Å². The summed E-state index contributed by atoms with van der Waals surface area (Å²) in [5.41, 5.74) is 0.411. The standard InChI is InChI=1S/C10H9BrClFO2/c1-15-10(14)3-2-6-4-8(12)7(11)5-9(6)13/h4-5H,2-3H2,1H3. The van der Waals surface area contributed by atoms with Crippen molar-refractivity contribution >= 4 is 33.5 Å². The first-order valence-electron chi connectivity index (χ1n) is 4.25. The van der Waals surface area contributed by atoms with Crippen LogP contribution < -0.4 is 0 Å². The van der Waals surface area contributed by atoms with Crippen LogP contribution in [0, 0.1) is 5.82 Å². The molecule has 0 amide bonds. The van der Waals surface area contributed by atoms with E-state index in [0.29, 0.717) is 15.1 Å².